The van der Waals surface area contributed by atoms with Crippen molar-refractivity contribution in [1.82, 2.24) is 0 Å². The van der Waals surface area contributed by atoms with Gasteiger partial charge in [0.05, 0.1) is 19.1 Å². The molecule has 2 aliphatic heterocycles. The zero-order valence-corrected chi connectivity index (χ0v) is 11.5. The Morgan fingerprint density at radius 1 is 1.24 bits per heavy atom. The van der Waals surface area contributed by atoms with Gasteiger partial charge < -0.3 is 19.5 Å². The number of aliphatic hydroxyl groups is 1. The van der Waals surface area contributed by atoms with Crippen LogP contribution >= 0.6 is 0 Å². The number of cyclic esters (lactones) is 1. The summed E-state index contributed by atoms with van der Waals surface area (Å²) < 4.78 is 10.2. The molecule has 1 unspecified atom stereocenters. The first-order valence-corrected chi connectivity index (χ1v) is 6.98. The number of aliphatic hydroxyl groups excluding tert-OH is 1. The number of carbonyl (C=O) groups is 2. The van der Waals surface area contributed by atoms with Crippen LogP contribution in [-0.2, 0) is 19.1 Å². The summed E-state index contributed by atoms with van der Waals surface area (Å²) >= 11 is 0. The van der Waals surface area contributed by atoms with E-state index in [2.05, 4.69) is 0 Å². The summed E-state index contributed by atoms with van der Waals surface area (Å²) in [6, 6.07) is 7.34. The van der Waals surface area contributed by atoms with Gasteiger partial charge in [-0.15, -0.1) is 0 Å². The van der Waals surface area contributed by atoms with Gasteiger partial charge in [-0.25, -0.2) is 0 Å². The van der Waals surface area contributed by atoms with Gasteiger partial charge in [0.1, 0.15) is 12.7 Å². The lowest BCUT2D eigenvalue weighted by atomic mass is 9.95. The third-order valence-corrected chi connectivity index (χ3v) is 3.86. The molecule has 1 N–H and O–H groups in total. The van der Waals surface area contributed by atoms with E-state index in [1.165, 1.54) is 0 Å². The minimum atomic E-state index is -0.414. The second kappa shape index (κ2) is 5.83. The number of morpholine rings is 1. The Bertz CT molecular complexity index is 541. The fourth-order valence-corrected chi connectivity index (χ4v) is 2.72. The lowest BCUT2D eigenvalue weighted by Gasteiger charge is -2.27. The van der Waals surface area contributed by atoms with Gasteiger partial charge in [-0.3, -0.25) is 9.59 Å². The van der Waals surface area contributed by atoms with Crippen LogP contribution < -0.4 is 4.90 Å². The van der Waals surface area contributed by atoms with Crippen molar-refractivity contribution >= 4 is 17.6 Å². The molecule has 0 bridgehead atoms. The van der Waals surface area contributed by atoms with Crippen molar-refractivity contribution in [3.63, 3.8) is 0 Å². The largest absolute Gasteiger partial charge is 0.459 e. The molecule has 0 aromatic heterocycles. The monoisotopic (exact) mass is 291 g/mol. The van der Waals surface area contributed by atoms with Crippen LogP contribution in [0.1, 0.15) is 17.9 Å². The number of amides is 1. The van der Waals surface area contributed by atoms with Crippen molar-refractivity contribution in [1.29, 1.82) is 0 Å². The Labute approximate surface area is 122 Å². The summed E-state index contributed by atoms with van der Waals surface area (Å²) in [4.78, 5) is 25.2. The molecule has 2 heterocycles. The number of carbonyl (C=O) groups excluding carboxylic acids is 2. The highest BCUT2D eigenvalue weighted by molar-refractivity contribution is 5.94. The smallest absolute Gasteiger partial charge is 0.313 e. The molecule has 2 fully saturated rings. The van der Waals surface area contributed by atoms with Crippen LogP contribution in [-0.4, -0.2) is 49.5 Å². The summed E-state index contributed by atoms with van der Waals surface area (Å²) in [6.45, 7) is 1.02. The van der Waals surface area contributed by atoms with E-state index in [1.807, 2.05) is 24.3 Å². The van der Waals surface area contributed by atoms with E-state index < -0.39 is 6.10 Å². The number of nitrogens with zero attached hydrogens (tertiary/aromatic N) is 1. The van der Waals surface area contributed by atoms with Crippen molar-refractivity contribution in [2.75, 3.05) is 31.3 Å². The predicted octanol–water partition coefficient (Wildman–Crippen LogP) is 0.441. The number of ether oxygens (including phenoxy) is 2. The molecule has 21 heavy (non-hydrogen) atoms. The molecule has 112 valence electrons. The molecule has 0 radical (unpaired) electrons. The zero-order valence-electron chi connectivity index (χ0n) is 11.5. The minimum Gasteiger partial charge on any atom is -0.459 e. The van der Waals surface area contributed by atoms with Crippen LogP contribution in [0.15, 0.2) is 24.3 Å². The van der Waals surface area contributed by atoms with Crippen LogP contribution in [0.3, 0.4) is 0 Å². The fraction of sp³-hybridized carbons (Fsp3) is 0.467. The SMILES string of the molecule is O=C1O[C@@H](CO)CC1c1ccc(N2CCOCC2=O)cc1. The minimum absolute atomic E-state index is 0.0605. The number of hydrogen-bond acceptors (Lipinski definition) is 5. The number of esters is 1. The number of benzene rings is 1. The van der Waals surface area contributed by atoms with E-state index in [-0.39, 0.29) is 31.0 Å². The Kier molecular flexibility index (Phi) is 3.90. The Hall–Kier alpha value is -1.92. The summed E-state index contributed by atoms with van der Waals surface area (Å²) in [5.74, 6) is -0.699. The van der Waals surface area contributed by atoms with Gasteiger partial charge in [0, 0.05) is 18.7 Å². The van der Waals surface area contributed by atoms with E-state index in [4.69, 9.17) is 14.6 Å². The third-order valence-electron chi connectivity index (χ3n) is 3.86. The van der Waals surface area contributed by atoms with Gasteiger partial charge in [-0.2, -0.15) is 0 Å². The first kappa shape index (κ1) is 14.0. The van der Waals surface area contributed by atoms with Gasteiger partial charge in [0.15, 0.2) is 0 Å². The summed E-state index contributed by atoms with van der Waals surface area (Å²) in [5, 5.41) is 9.06. The Morgan fingerprint density at radius 3 is 2.62 bits per heavy atom. The van der Waals surface area contributed by atoms with Crippen LogP contribution in [0, 0.1) is 0 Å². The van der Waals surface area contributed by atoms with E-state index >= 15 is 0 Å². The maximum absolute atomic E-state index is 11.8. The zero-order chi connectivity index (χ0) is 14.8. The highest BCUT2D eigenvalue weighted by Gasteiger charge is 2.35. The molecule has 2 saturated heterocycles. The molecule has 2 atom stereocenters. The van der Waals surface area contributed by atoms with Crippen LogP contribution in [0.5, 0.6) is 0 Å². The second-order valence-electron chi connectivity index (χ2n) is 5.22. The normalized spacial score (nSPS) is 26.0. The number of rotatable bonds is 3. The molecule has 1 aromatic rings. The molecule has 1 amide bonds. The van der Waals surface area contributed by atoms with Crippen molar-refractivity contribution in [3.8, 4) is 0 Å². The summed E-state index contributed by atoms with van der Waals surface area (Å²) in [6.07, 6.45) is 0.0773. The van der Waals surface area contributed by atoms with E-state index in [9.17, 15) is 9.59 Å². The van der Waals surface area contributed by atoms with Crippen molar-refractivity contribution < 1.29 is 24.2 Å². The van der Waals surface area contributed by atoms with E-state index in [0.29, 0.717) is 19.6 Å². The van der Waals surface area contributed by atoms with Gasteiger partial charge in [-0.1, -0.05) is 12.1 Å². The first-order valence-electron chi connectivity index (χ1n) is 6.98. The van der Waals surface area contributed by atoms with Crippen molar-refractivity contribution in [2.24, 2.45) is 0 Å². The average molecular weight is 291 g/mol. The highest BCUT2D eigenvalue weighted by atomic mass is 16.6. The molecule has 0 saturated carbocycles. The van der Waals surface area contributed by atoms with Gasteiger partial charge >= 0.3 is 5.97 Å². The Morgan fingerprint density at radius 2 is 2.00 bits per heavy atom. The molecule has 1 aromatic carbocycles. The Balaban J connectivity index is 1.75. The average Bonchev–Trinajstić information content (AvgIpc) is 2.89. The van der Waals surface area contributed by atoms with Crippen LogP contribution in [0.4, 0.5) is 5.69 Å². The van der Waals surface area contributed by atoms with Gasteiger partial charge in [-0.05, 0) is 17.7 Å². The van der Waals surface area contributed by atoms with Crippen LogP contribution in [0.25, 0.3) is 0 Å². The van der Waals surface area contributed by atoms with Crippen molar-refractivity contribution in [2.45, 2.75) is 18.4 Å². The van der Waals surface area contributed by atoms with Gasteiger partial charge in [0.25, 0.3) is 5.91 Å². The first-order chi connectivity index (χ1) is 10.2. The fourth-order valence-electron chi connectivity index (χ4n) is 2.72. The van der Waals surface area contributed by atoms with E-state index in [1.54, 1.807) is 4.90 Å². The number of anilines is 1. The molecule has 6 nitrogen and oxygen atoms in total. The molecular weight excluding hydrogens is 274 g/mol. The third kappa shape index (κ3) is 2.77. The molecule has 2 aliphatic rings. The van der Waals surface area contributed by atoms with Gasteiger partial charge in [0.2, 0.25) is 0 Å². The topological polar surface area (TPSA) is 76.1 Å². The molecule has 6 heteroatoms. The maximum Gasteiger partial charge on any atom is 0.313 e. The predicted molar refractivity (Wildman–Crippen MR) is 73.9 cm³/mol. The van der Waals surface area contributed by atoms with Crippen LogP contribution in [0.2, 0.25) is 0 Å². The lowest BCUT2D eigenvalue weighted by molar-refractivity contribution is -0.143. The molecule has 0 spiro atoms. The lowest BCUT2D eigenvalue weighted by Crippen LogP contribution is -2.41. The quantitative estimate of drug-likeness (QED) is 0.818. The molecular formula is C15H17NO5. The molecule has 3 rings (SSSR count). The summed E-state index contributed by atoms with van der Waals surface area (Å²) in [7, 11) is 0. The second-order valence-corrected chi connectivity index (χ2v) is 5.22. The van der Waals surface area contributed by atoms with E-state index in [0.717, 1.165) is 11.3 Å². The summed E-state index contributed by atoms with van der Waals surface area (Å²) in [5.41, 5.74) is 1.65. The highest BCUT2D eigenvalue weighted by Crippen LogP contribution is 2.31. The molecule has 0 aliphatic carbocycles. The standard InChI is InChI=1S/C15H17NO5/c17-8-12-7-13(15(19)21-12)10-1-3-11(4-2-10)16-5-6-20-9-14(16)18/h1-4,12-13,17H,5-9H2/t12-,13?/m1/s1. The number of hydrogen-bond donors (Lipinski definition) is 1. The maximum atomic E-state index is 11.8. The van der Waals surface area contributed by atoms with Crippen molar-refractivity contribution in [3.05, 3.63) is 29.8 Å².